The van der Waals surface area contributed by atoms with Crippen LogP contribution in [0.3, 0.4) is 0 Å². The fourth-order valence-corrected chi connectivity index (χ4v) is 3.71. The molecule has 0 amide bonds. The van der Waals surface area contributed by atoms with Gasteiger partial charge in [0, 0.05) is 13.1 Å². The molecule has 0 fully saturated rings. The van der Waals surface area contributed by atoms with Gasteiger partial charge in [0.2, 0.25) is 5.75 Å². The number of esters is 1. The molecule has 0 atom stereocenters. The number of rotatable bonds is 10. The van der Waals surface area contributed by atoms with Crippen molar-refractivity contribution in [3.63, 3.8) is 0 Å². The minimum Gasteiger partial charge on any atom is -0.493 e. The van der Waals surface area contributed by atoms with Crippen molar-refractivity contribution in [1.29, 1.82) is 0 Å². The van der Waals surface area contributed by atoms with Gasteiger partial charge in [-0.05, 0) is 49.1 Å². The molecule has 0 saturated heterocycles. The van der Waals surface area contributed by atoms with Crippen molar-refractivity contribution in [2.24, 2.45) is 0 Å². The third kappa shape index (κ3) is 6.65. The number of carbonyl (C=O) groups excluding carboxylic acids is 1. The van der Waals surface area contributed by atoms with Crippen LogP contribution in [0.2, 0.25) is 0 Å². The Hall–Kier alpha value is -2.70. The SMILES string of the molecule is COc1cc(C(=O)OCCCCN2CC=C(c3ccccc3)CC2)cc(OC)c1OC.Cl. The number of hydrogen-bond acceptors (Lipinski definition) is 6. The first kappa shape index (κ1) is 25.6. The Morgan fingerprint density at radius 1 is 0.969 bits per heavy atom. The minimum atomic E-state index is -0.396. The summed E-state index contributed by atoms with van der Waals surface area (Å²) in [4.78, 5) is 14.9. The third-order valence-corrected chi connectivity index (χ3v) is 5.44. The smallest absolute Gasteiger partial charge is 0.338 e. The van der Waals surface area contributed by atoms with E-state index in [1.165, 1.54) is 32.5 Å². The van der Waals surface area contributed by atoms with Crippen LogP contribution in [0.5, 0.6) is 17.2 Å². The summed E-state index contributed by atoms with van der Waals surface area (Å²) in [5, 5.41) is 0. The maximum absolute atomic E-state index is 12.4. The van der Waals surface area contributed by atoms with Gasteiger partial charge >= 0.3 is 5.97 Å². The van der Waals surface area contributed by atoms with Crippen LogP contribution < -0.4 is 14.2 Å². The lowest BCUT2D eigenvalue weighted by atomic mass is 9.99. The lowest BCUT2D eigenvalue weighted by molar-refractivity contribution is 0.0494. The highest BCUT2D eigenvalue weighted by molar-refractivity contribution is 5.91. The zero-order valence-electron chi connectivity index (χ0n) is 19.0. The second-order valence-electron chi connectivity index (χ2n) is 7.40. The van der Waals surface area contributed by atoms with Crippen molar-refractivity contribution in [2.45, 2.75) is 19.3 Å². The molecule has 1 aliphatic heterocycles. The number of unbranched alkanes of at least 4 members (excludes halogenated alkanes) is 1. The maximum atomic E-state index is 12.4. The van der Waals surface area contributed by atoms with Gasteiger partial charge in [0.15, 0.2) is 11.5 Å². The van der Waals surface area contributed by atoms with Gasteiger partial charge in [0.1, 0.15) is 0 Å². The lowest BCUT2D eigenvalue weighted by Crippen LogP contribution is -2.29. The van der Waals surface area contributed by atoms with Crippen molar-refractivity contribution in [1.82, 2.24) is 4.90 Å². The molecule has 32 heavy (non-hydrogen) atoms. The molecule has 0 N–H and O–H groups in total. The van der Waals surface area contributed by atoms with Crippen LogP contribution in [-0.2, 0) is 4.74 Å². The number of methoxy groups -OCH3 is 3. The van der Waals surface area contributed by atoms with E-state index in [1.807, 2.05) is 6.07 Å². The second-order valence-corrected chi connectivity index (χ2v) is 7.40. The third-order valence-electron chi connectivity index (χ3n) is 5.44. The van der Waals surface area contributed by atoms with E-state index in [0.29, 0.717) is 29.4 Å². The Balaban J connectivity index is 0.00000363. The maximum Gasteiger partial charge on any atom is 0.338 e. The number of nitrogens with zero attached hydrogens (tertiary/aromatic N) is 1. The van der Waals surface area contributed by atoms with Crippen molar-refractivity contribution in [2.75, 3.05) is 47.6 Å². The number of halogens is 1. The number of benzene rings is 2. The molecule has 1 aliphatic rings. The Bertz CT molecular complexity index is 875. The first-order valence-electron chi connectivity index (χ1n) is 10.6. The van der Waals surface area contributed by atoms with Gasteiger partial charge in [-0.15, -0.1) is 12.4 Å². The Labute approximate surface area is 196 Å². The largest absolute Gasteiger partial charge is 0.493 e. The molecule has 2 aromatic carbocycles. The summed E-state index contributed by atoms with van der Waals surface area (Å²) in [6.07, 6.45) is 5.20. The molecule has 6 nitrogen and oxygen atoms in total. The summed E-state index contributed by atoms with van der Waals surface area (Å²) < 4.78 is 21.3. The second kappa shape index (κ2) is 13.0. The molecule has 3 rings (SSSR count). The van der Waals surface area contributed by atoms with Gasteiger partial charge in [-0.3, -0.25) is 4.90 Å². The fraction of sp³-hybridized carbons (Fsp3) is 0.400. The van der Waals surface area contributed by atoms with E-state index in [0.717, 1.165) is 38.9 Å². The molecule has 7 heteroatoms. The Kier molecular flexibility index (Phi) is 10.4. The van der Waals surface area contributed by atoms with E-state index in [9.17, 15) is 4.79 Å². The molecule has 0 bridgehead atoms. The number of hydrogen-bond donors (Lipinski definition) is 0. The van der Waals surface area contributed by atoms with Gasteiger partial charge in [0.25, 0.3) is 0 Å². The molecular formula is C25H32ClNO5. The summed E-state index contributed by atoms with van der Waals surface area (Å²) >= 11 is 0. The van der Waals surface area contributed by atoms with E-state index < -0.39 is 5.97 Å². The minimum absolute atomic E-state index is 0. The average molecular weight is 462 g/mol. The molecule has 0 aliphatic carbocycles. The van der Waals surface area contributed by atoms with E-state index >= 15 is 0 Å². The van der Waals surface area contributed by atoms with Crippen LogP contribution in [-0.4, -0.2) is 58.4 Å². The van der Waals surface area contributed by atoms with Gasteiger partial charge in [-0.25, -0.2) is 4.79 Å². The summed E-state index contributed by atoms with van der Waals surface area (Å²) in [6, 6.07) is 13.8. The molecule has 0 aromatic heterocycles. The molecular weight excluding hydrogens is 430 g/mol. The summed E-state index contributed by atoms with van der Waals surface area (Å²) in [5.41, 5.74) is 3.13. The quantitative estimate of drug-likeness (QED) is 0.372. The lowest BCUT2D eigenvalue weighted by Gasteiger charge is -2.26. The molecule has 0 unspecified atom stereocenters. The zero-order chi connectivity index (χ0) is 22.1. The molecule has 0 radical (unpaired) electrons. The highest BCUT2D eigenvalue weighted by Gasteiger charge is 2.18. The monoisotopic (exact) mass is 461 g/mol. The summed E-state index contributed by atoms with van der Waals surface area (Å²) in [6.45, 7) is 3.41. The predicted octanol–water partition coefficient (Wildman–Crippen LogP) is 4.86. The van der Waals surface area contributed by atoms with Gasteiger partial charge in [-0.1, -0.05) is 36.4 Å². The molecule has 0 saturated carbocycles. The van der Waals surface area contributed by atoms with Crippen molar-refractivity contribution in [3.8, 4) is 17.2 Å². The van der Waals surface area contributed by atoms with Crippen LogP contribution in [0.1, 0.15) is 35.2 Å². The Morgan fingerprint density at radius 2 is 1.66 bits per heavy atom. The zero-order valence-corrected chi connectivity index (χ0v) is 19.8. The molecule has 0 spiro atoms. The molecule has 1 heterocycles. The topological polar surface area (TPSA) is 57.2 Å². The highest BCUT2D eigenvalue weighted by Crippen LogP contribution is 2.38. The van der Waals surface area contributed by atoms with Crippen LogP contribution in [0.25, 0.3) is 5.57 Å². The normalized spacial score (nSPS) is 13.5. The highest BCUT2D eigenvalue weighted by atomic mass is 35.5. The van der Waals surface area contributed by atoms with Crippen LogP contribution in [0.4, 0.5) is 0 Å². The number of ether oxygens (including phenoxy) is 4. The van der Waals surface area contributed by atoms with E-state index in [2.05, 4.69) is 35.2 Å². The standard InChI is InChI=1S/C25H31NO5.ClH/c1-28-22-17-21(18-23(29-2)24(22)30-3)25(27)31-16-8-7-13-26-14-11-20(12-15-26)19-9-5-4-6-10-19;/h4-6,9-11,17-18H,7-8,12-16H2,1-3H3;1H. The first-order valence-corrected chi connectivity index (χ1v) is 10.6. The van der Waals surface area contributed by atoms with Crippen molar-refractivity contribution >= 4 is 23.9 Å². The van der Waals surface area contributed by atoms with Gasteiger partial charge < -0.3 is 18.9 Å². The molecule has 174 valence electrons. The average Bonchev–Trinajstić information content (AvgIpc) is 2.83. The summed E-state index contributed by atoms with van der Waals surface area (Å²) in [5.74, 6) is 0.920. The fourth-order valence-electron chi connectivity index (χ4n) is 3.71. The van der Waals surface area contributed by atoms with Crippen molar-refractivity contribution < 1.29 is 23.7 Å². The first-order chi connectivity index (χ1) is 15.2. The van der Waals surface area contributed by atoms with Gasteiger partial charge in [-0.2, -0.15) is 0 Å². The van der Waals surface area contributed by atoms with E-state index in [-0.39, 0.29) is 12.4 Å². The Morgan fingerprint density at radius 3 is 2.22 bits per heavy atom. The van der Waals surface area contributed by atoms with Crippen LogP contribution >= 0.6 is 12.4 Å². The number of carbonyl (C=O) groups is 1. The summed E-state index contributed by atoms with van der Waals surface area (Å²) in [7, 11) is 4.56. The van der Waals surface area contributed by atoms with E-state index in [1.54, 1.807) is 12.1 Å². The van der Waals surface area contributed by atoms with Crippen LogP contribution in [0, 0.1) is 0 Å². The van der Waals surface area contributed by atoms with Gasteiger partial charge in [0.05, 0.1) is 33.5 Å². The molecule has 2 aromatic rings. The predicted molar refractivity (Wildman–Crippen MR) is 128 cm³/mol. The van der Waals surface area contributed by atoms with E-state index in [4.69, 9.17) is 18.9 Å². The van der Waals surface area contributed by atoms with Crippen molar-refractivity contribution in [3.05, 3.63) is 59.7 Å². The van der Waals surface area contributed by atoms with Crippen LogP contribution in [0.15, 0.2) is 48.5 Å².